The average molecular weight is 274 g/mol. The van der Waals surface area contributed by atoms with Crippen LogP contribution >= 0.6 is 0 Å². The summed E-state index contributed by atoms with van der Waals surface area (Å²) in [6, 6.07) is 5.78. The predicted molar refractivity (Wildman–Crippen MR) is 81.0 cm³/mol. The smallest absolute Gasteiger partial charge is 0.223 e. The van der Waals surface area contributed by atoms with E-state index in [0.29, 0.717) is 12.0 Å². The van der Waals surface area contributed by atoms with Gasteiger partial charge in [0.25, 0.3) is 0 Å². The molecule has 1 aromatic rings. The quantitative estimate of drug-likeness (QED) is 0.916. The second kappa shape index (κ2) is 6.38. The maximum Gasteiger partial charge on any atom is 0.223 e. The van der Waals surface area contributed by atoms with Gasteiger partial charge in [-0.15, -0.1) is 0 Å². The van der Waals surface area contributed by atoms with Crippen molar-refractivity contribution in [2.45, 2.75) is 53.0 Å². The Morgan fingerprint density at radius 1 is 1.25 bits per heavy atom. The van der Waals surface area contributed by atoms with Crippen LogP contribution in [0.5, 0.6) is 0 Å². The number of carbonyl (C=O) groups excluding carboxylic acids is 1. The van der Waals surface area contributed by atoms with E-state index in [2.05, 4.69) is 31.1 Å². The molecule has 2 rings (SSSR count). The first-order valence-electron chi connectivity index (χ1n) is 7.64. The highest BCUT2D eigenvalue weighted by atomic mass is 16.1. The molecule has 3 nitrogen and oxygen atoms in total. The van der Waals surface area contributed by atoms with Gasteiger partial charge in [0, 0.05) is 12.1 Å². The fourth-order valence-electron chi connectivity index (χ4n) is 3.05. The van der Waals surface area contributed by atoms with Crippen molar-refractivity contribution in [1.82, 2.24) is 10.3 Å². The molecule has 110 valence electrons. The fourth-order valence-corrected chi connectivity index (χ4v) is 3.05. The predicted octanol–water partition coefficient (Wildman–Crippen LogP) is 3.55. The number of nitrogens with one attached hydrogen (secondary N) is 1. The Balaban J connectivity index is 1.78. The van der Waals surface area contributed by atoms with Gasteiger partial charge in [-0.1, -0.05) is 26.8 Å². The maximum atomic E-state index is 12.2. The molecule has 1 fully saturated rings. The van der Waals surface area contributed by atoms with E-state index in [9.17, 15) is 4.79 Å². The van der Waals surface area contributed by atoms with Gasteiger partial charge in [-0.05, 0) is 49.1 Å². The molecule has 0 aliphatic heterocycles. The van der Waals surface area contributed by atoms with Gasteiger partial charge >= 0.3 is 0 Å². The Hall–Kier alpha value is -1.38. The minimum Gasteiger partial charge on any atom is -0.350 e. The van der Waals surface area contributed by atoms with Crippen LogP contribution in [0.3, 0.4) is 0 Å². The molecular weight excluding hydrogens is 248 g/mol. The van der Waals surface area contributed by atoms with Crippen LogP contribution in [0, 0.1) is 17.3 Å². The first kappa shape index (κ1) is 15.0. The summed E-state index contributed by atoms with van der Waals surface area (Å²) in [7, 11) is 0. The summed E-state index contributed by atoms with van der Waals surface area (Å²) < 4.78 is 0. The van der Waals surface area contributed by atoms with E-state index in [1.165, 1.54) is 12.8 Å². The first-order valence-corrected chi connectivity index (χ1v) is 7.64. The van der Waals surface area contributed by atoms with Gasteiger partial charge in [0.05, 0.1) is 12.2 Å². The van der Waals surface area contributed by atoms with Crippen molar-refractivity contribution >= 4 is 5.91 Å². The van der Waals surface area contributed by atoms with Crippen molar-refractivity contribution in [3.8, 4) is 0 Å². The number of nitrogens with zero attached hydrogens (tertiary/aromatic N) is 1. The molecular formula is C17H26N2O. The minimum absolute atomic E-state index is 0.192. The molecule has 1 aliphatic carbocycles. The highest BCUT2D eigenvalue weighted by molar-refractivity contribution is 5.78. The lowest BCUT2D eigenvalue weighted by molar-refractivity contribution is -0.126. The van der Waals surface area contributed by atoms with Crippen molar-refractivity contribution in [3.63, 3.8) is 0 Å². The van der Waals surface area contributed by atoms with E-state index in [0.717, 1.165) is 24.5 Å². The van der Waals surface area contributed by atoms with Gasteiger partial charge in [0.2, 0.25) is 5.91 Å². The van der Waals surface area contributed by atoms with Crippen molar-refractivity contribution in [2.75, 3.05) is 0 Å². The van der Waals surface area contributed by atoms with Crippen LogP contribution in [-0.2, 0) is 11.3 Å². The third kappa shape index (κ3) is 4.06. The molecule has 0 aromatic carbocycles. The summed E-state index contributed by atoms with van der Waals surface area (Å²) in [4.78, 5) is 16.4. The molecule has 1 aromatic heterocycles. The molecule has 3 heteroatoms. The molecule has 1 heterocycles. The molecule has 0 unspecified atom stereocenters. The first-order chi connectivity index (χ1) is 9.47. The molecule has 1 N–H and O–H groups in total. The average Bonchev–Trinajstić information content (AvgIpc) is 2.45. The lowest BCUT2D eigenvalue weighted by atomic mass is 9.69. The van der Waals surface area contributed by atoms with Gasteiger partial charge in [-0.2, -0.15) is 0 Å². The minimum atomic E-state index is 0.192. The topological polar surface area (TPSA) is 42.0 Å². The third-order valence-corrected chi connectivity index (χ3v) is 4.49. The lowest BCUT2D eigenvalue weighted by Gasteiger charge is -2.36. The van der Waals surface area contributed by atoms with E-state index in [1.807, 2.05) is 18.2 Å². The van der Waals surface area contributed by atoms with Crippen LogP contribution in [0.1, 0.15) is 52.1 Å². The second-order valence-electron chi connectivity index (χ2n) is 6.95. The van der Waals surface area contributed by atoms with Gasteiger partial charge in [0.15, 0.2) is 0 Å². The van der Waals surface area contributed by atoms with E-state index in [-0.39, 0.29) is 11.8 Å². The van der Waals surface area contributed by atoms with E-state index in [1.54, 1.807) is 6.20 Å². The standard InChI is InChI=1S/C17H26N2O/c1-17(2,3)14-9-7-13(8-10-14)16(20)19-12-15-6-4-5-11-18-15/h4-6,11,13-14H,7-10,12H2,1-3H3,(H,19,20). The Morgan fingerprint density at radius 3 is 2.50 bits per heavy atom. The SMILES string of the molecule is CC(C)(C)C1CCC(C(=O)NCc2ccccn2)CC1. The summed E-state index contributed by atoms with van der Waals surface area (Å²) in [6.07, 6.45) is 6.15. The molecule has 20 heavy (non-hydrogen) atoms. The number of aromatic nitrogens is 1. The maximum absolute atomic E-state index is 12.2. The number of pyridine rings is 1. The third-order valence-electron chi connectivity index (χ3n) is 4.49. The highest BCUT2D eigenvalue weighted by Crippen LogP contribution is 2.39. The van der Waals surface area contributed by atoms with E-state index in [4.69, 9.17) is 0 Å². The summed E-state index contributed by atoms with van der Waals surface area (Å²) >= 11 is 0. The number of hydrogen-bond donors (Lipinski definition) is 1. The van der Waals surface area contributed by atoms with Gasteiger partial charge in [0.1, 0.15) is 0 Å². The van der Waals surface area contributed by atoms with Gasteiger partial charge in [-0.3, -0.25) is 9.78 Å². The second-order valence-corrected chi connectivity index (χ2v) is 6.95. The van der Waals surface area contributed by atoms with E-state index >= 15 is 0 Å². The van der Waals surface area contributed by atoms with Crippen molar-refractivity contribution in [2.24, 2.45) is 17.3 Å². The summed E-state index contributed by atoms with van der Waals surface area (Å²) in [5, 5.41) is 3.02. The number of carbonyl (C=O) groups is 1. The summed E-state index contributed by atoms with van der Waals surface area (Å²) in [6.45, 7) is 7.45. The Bertz CT molecular complexity index is 428. The van der Waals surface area contributed by atoms with Crippen LogP contribution in [0.15, 0.2) is 24.4 Å². The summed E-state index contributed by atoms with van der Waals surface area (Å²) in [5.74, 6) is 1.14. The Labute approximate surface area is 122 Å². The highest BCUT2D eigenvalue weighted by Gasteiger charge is 2.32. The number of hydrogen-bond acceptors (Lipinski definition) is 2. The zero-order chi connectivity index (χ0) is 14.6. The molecule has 1 saturated carbocycles. The molecule has 0 saturated heterocycles. The zero-order valence-electron chi connectivity index (χ0n) is 12.9. The van der Waals surface area contributed by atoms with Crippen LogP contribution in [0.2, 0.25) is 0 Å². The molecule has 0 bridgehead atoms. The van der Waals surface area contributed by atoms with E-state index < -0.39 is 0 Å². The van der Waals surface area contributed by atoms with Crippen LogP contribution in [0.25, 0.3) is 0 Å². The van der Waals surface area contributed by atoms with Crippen LogP contribution < -0.4 is 5.32 Å². The summed E-state index contributed by atoms with van der Waals surface area (Å²) in [5.41, 5.74) is 1.29. The molecule has 0 spiro atoms. The molecule has 0 atom stereocenters. The number of amides is 1. The molecule has 1 amide bonds. The lowest BCUT2D eigenvalue weighted by Crippen LogP contribution is -2.35. The Kier molecular flexibility index (Phi) is 4.79. The van der Waals surface area contributed by atoms with Gasteiger partial charge in [-0.25, -0.2) is 0 Å². The fraction of sp³-hybridized carbons (Fsp3) is 0.647. The van der Waals surface area contributed by atoms with Crippen LogP contribution in [-0.4, -0.2) is 10.9 Å². The monoisotopic (exact) mass is 274 g/mol. The normalized spacial score (nSPS) is 23.4. The molecule has 0 radical (unpaired) electrons. The van der Waals surface area contributed by atoms with Crippen molar-refractivity contribution in [1.29, 1.82) is 0 Å². The Morgan fingerprint density at radius 2 is 1.95 bits per heavy atom. The van der Waals surface area contributed by atoms with Crippen LogP contribution in [0.4, 0.5) is 0 Å². The zero-order valence-corrected chi connectivity index (χ0v) is 12.9. The van der Waals surface area contributed by atoms with Crippen molar-refractivity contribution in [3.05, 3.63) is 30.1 Å². The number of rotatable bonds is 3. The van der Waals surface area contributed by atoms with Crippen molar-refractivity contribution < 1.29 is 4.79 Å². The molecule has 1 aliphatic rings. The van der Waals surface area contributed by atoms with Gasteiger partial charge < -0.3 is 5.32 Å². The largest absolute Gasteiger partial charge is 0.350 e.